The van der Waals surface area contributed by atoms with E-state index in [1.165, 1.54) is 11.5 Å². The van der Waals surface area contributed by atoms with E-state index < -0.39 is 5.41 Å². The Balaban J connectivity index is 1.48. The zero-order valence-electron chi connectivity index (χ0n) is 14.3. The van der Waals surface area contributed by atoms with E-state index in [2.05, 4.69) is 19.9 Å². The second-order valence-electron chi connectivity index (χ2n) is 6.72. The van der Waals surface area contributed by atoms with Crippen LogP contribution in [0.25, 0.3) is 0 Å². The molecule has 2 aliphatic rings. The molecule has 136 valence electrons. The smallest absolute Gasteiger partial charge is 0.275 e. The Morgan fingerprint density at radius 3 is 3.15 bits per heavy atom. The molecule has 9 heteroatoms. The van der Waals surface area contributed by atoms with E-state index in [1.807, 2.05) is 19.1 Å². The quantitative estimate of drug-likeness (QED) is 0.855. The summed E-state index contributed by atoms with van der Waals surface area (Å²) in [6.45, 7) is 3.71. The van der Waals surface area contributed by atoms with Crippen molar-refractivity contribution in [1.82, 2.24) is 24.8 Å². The van der Waals surface area contributed by atoms with Gasteiger partial charge >= 0.3 is 0 Å². The first-order chi connectivity index (χ1) is 12.6. The van der Waals surface area contributed by atoms with Crippen LogP contribution >= 0.6 is 11.5 Å². The molecule has 2 saturated heterocycles. The van der Waals surface area contributed by atoms with Crippen molar-refractivity contribution >= 4 is 23.3 Å². The summed E-state index contributed by atoms with van der Waals surface area (Å²) in [5.74, 6) is 0.528. The number of hydrogen-bond acceptors (Lipinski definition) is 7. The van der Waals surface area contributed by atoms with Crippen LogP contribution in [0, 0.1) is 18.3 Å². The lowest BCUT2D eigenvalue weighted by Gasteiger charge is -2.28. The Hall–Kier alpha value is -2.55. The van der Waals surface area contributed by atoms with Crippen molar-refractivity contribution in [3.05, 3.63) is 35.1 Å². The van der Waals surface area contributed by atoms with Crippen LogP contribution in [0.1, 0.15) is 21.8 Å². The summed E-state index contributed by atoms with van der Waals surface area (Å²) < 4.78 is 9.67. The van der Waals surface area contributed by atoms with Crippen LogP contribution in [0.2, 0.25) is 0 Å². The summed E-state index contributed by atoms with van der Waals surface area (Å²) in [6, 6.07) is 3.65. The largest absolute Gasteiger partial charge is 0.492 e. The van der Waals surface area contributed by atoms with Crippen LogP contribution < -0.4 is 10.1 Å². The molecule has 0 saturated carbocycles. The van der Waals surface area contributed by atoms with E-state index in [-0.39, 0.29) is 17.7 Å². The van der Waals surface area contributed by atoms with Gasteiger partial charge in [-0.25, -0.2) is 0 Å². The van der Waals surface area contributed by atoms with E-state index in [4.69, 9.17) is 4.74 Å². The molecule has 4 rings (SSSR count). The molecule has 0 radical (unpaired) electrons. The van der Waals surface area contributed by atoms with E-state index in [0.29, 0.717) is 44.1 Å². The molecule has 2 amide bonds. The normalized spacial score (nSPS) is 24.9. The fourth-order valence-electron chi connectivity index (χ4n) is 3.72. The van der Waals surface area contributed by atoms with Gasteiger partial charge in [0, 0.05) is 31.7 Å². The number of aromatic nitrogens is 3. The summed E-state index contributed by atoms with van der Waals surface area (Å²) >= 11 is 1.21. The molecule has 0 bridgehead atoms. The Labute approximate surface area is 154 Å². The maximum absolute atomic E-state index is 12.7. The summed E-state index contributed by atoms with van der Waals surface area (Å²) in [5, 5.41) is 6.88. The van der Waals surface area contributed by atoms with Crippen LogP contribution in [0.4, 0.5) is 0 Å². The minimum absolute atomic E-state index is 0.000659. The highest BCUT2D eigenvalue weighted by Crippen LogP contribution is 2.42. The van der Waals surface area contributed by atoms with Gasteiger partial charge < -0.3 is 15.0 Å². The molecule has 0 unspecified atom stereocenters. The lowest BCUT2D eigenvalue weighted by atomic mass is 9.77. The zero-order chi connectivity index (χ0) is 18.1. The van der Waals surface area contributed by atoms with Crippen molar-refractivity contribution in [3.63, 3.8) is 0 Å². The van der Waals surface area contributed by atoms with Crippen molar-refractivity contribution in [1.29, 1.82) is 0 Å². The number of carbonyl (C=O) groups is 2. The second-order valence-corrected chi connectivity index (χ2v) is 7.68. The van der Waals surface area contributed by atoms with Crippen LogP contribution in [0.15, 0.2) is 24.5 Å². The van der Waals surface area contributed by atoms with Gasteiger partial charge in [-0.1, -0.05) is 4.49 Å². The molecule has 2 aliphatic heterocycles. The van der Waals surface area contributed by atoms with Crippen LogP contribution in [-0.4, -0.2) is 57.5 Å². The molecule has 8 nitrogen and oxygen atoms in total. The second kappa shape index (κ2) is 6.64. The fraction of sp³-hybridized carbons (Fsp3) is 0.471. The monoisotopic (exact) mass is 373 g/mol. The third-order valence-corrected chi connectivity index (χ3v) is 5.90. The van der Waals surface area contributed by atoms with Crippen LogP contribution in [0.5, 0.6) is 5.75 Å². The third-order valence-electron chi connectivity index (χ3n) is 5.27. The van der Waals surface area contributed by atoms with Gasteiger partial charge in [-0.05, 0) is 37.0 Å². The molecular weight excluding hydrogens is 354 g/mol. The van der Waals surface area contributed by atoms with Crippen molar-refractivity contribution in [2.75, 3.05) is 26.2 Å². The SMILES string of the molecule is Cc1snnc1C(=O)N1CC[C@]2(C1)C(=O)NC[C@H]2COc1cccnc1. The lowest BCUT2D eigenvalue weighted by molar-refractivity contribution is -0.128. The average molecular weight is 373 g/mol. The van der Waals surface area contributed by atoms with Crippen LogP contribution in [0.3, 0.4) is 0 Å². The first-order valence-electron chi connectivity index (χ1n) is 8.49. The number of nitrogens with zero attached hydrogens (tertiary/aromatic N) is 4. The molecule has 2 fully saturated rings. The number of carbonyl (C=O) groups excluding carboxylic acids is 2. The standard InChI is InChI=1S/C17H19N5O3S/c1-11-14(20-21-26-11)15(23)22-6-4-17(10-22)12(7-19-16(17)24)9-25-13-3-2-5-18-8-13/h2-3,5,8,12H,4,6-7,9-10H2,1H3,(H,19,24)/t12-,17+/m0/s1. The molecule has 0 aromatic carbocycles. The molecule has 1 spiro atoms. The Morgan fingerprint density at radius 2 is 2.42 bits per heavy atom. The number of rotatable bonds is 4. The van der Waals surface area contributed by atoms with Crippen molar-refractivity contribution in [3.8, 4) is 5.75 Å². The molecule has 2 aromatic heterocycles. The number of likely N-dealkylation sites (tertiary alicyclic amines) is 1. The van der Waals surface area contributed by atoms with Gasteiger partial charge in [0.25, 0.3) is 5.91 Å². The molecule has 1 N–H and O–H groups in total. The van der Waals surface area contributed by atoms with Gasteiger partial charge in [-0.15, -0.1) is 5.10 Å². The van der Waals surface area contributed by atoms with Gasteiger partial charge in [0.2, 0.25) is 5.91 Å². The minimum atomic E-state index is -0.602. The predicted molar refractivity (Wildman–Crippen MR) is 93.8 cm³/mol. The Morgan fingerprint density at radius 1 is 1.54 bits per heavy atom. The Bertz CT molecular complexity index is 827. The molecule has 2 atom stereocenters. The van der Waals surface area contributed by atoms with Gasteiger partial charge in [-0.3, -0.25) is 14.6 Å². The van der Waals surface area contributed by atoms with E-state index in [9.17, 15) is 9.59 Å². The van der Waals surface area contributed by atoms with Crippen molar-refractivity contribution < 1.29 is 14.3 Å². The number of hydrogen-bond donors (Lipinski definition) is 1. The summed E-state index contributed by atoms with van der Waals surface area (Å²) in [6.07, 6.45) is 3.96. The highest BCUT2D eigenvalue weighted by Gasteiger charge is 2.55. The van der Waals surface area contributed by atoms with Crippen molar-refractivity contribution in [2.24, 2.45) is 11.3 Å². The molecule has 2 aromatic rings. The number of ether oxygens (including phenoxy) is 1. The number of pyridine rings is 1. The number of aryl methyl sites for hydroxylation is 1. The van der Waals surface area contributed by atoms with E-state index >= 15 is 0 Å². The van der Waals surface area contributed by atoms with E-state index in [0.717, 1.165) is 4.88 Å². The van der Waals surface area contributed by atoms with Gasteiger partial charge in [0.15, 0.2) is 5.69 Å². The third kappa shape index (κ3) is 2.82. The minimum Gasteiger partial charge on any atom is -0.492 e. The summed E-state index contributed by atoms with van der Waals surface area (Å²) in [5.41, 5.74) is -0.219. The van der Waals surface area contributed by atoms with Crippen molar-refractivity contribution in [2.45, 2.75) is 13.3 Å². The predicted octanol–water partition coefficient (Wildman–Crippen LogP) is 0.899. The topological polar surface area (TPSA) is 97.3 Å². The van der Waals surface area contributed by atoms with Gasteiger partial charge in [-0.2, -0.15) is 0 Å². The Kier molecular flexibility index (Phi) is 4.31. The van der Waals surface area contributed by atoms with Gasteiger partial charge in [0.1, 0.15) is 5.75 Å². The van der Waals surface area contributed by atoms with Gasteiger partial charge in [0.05, 0.1) is 23.1 Å². The number of nitrogens with one attached hydrogen (secondary N) is 1. The highest BCUT2D eigenvalue weighted by molar-refractivity contribution is 7.05. The first-order valence-corrected chi connectivity index (χ1v) is 9.27. The first kappa shape index (κ1) is 16.9. The molecule has 0 aliphatic carbocycles. The molecular formula is C17H19N5O3S. The average Bonchev–Trinajstić information content (AvgIpc) is 3.36. The highest BCUT2D eigenvalue weighted by atomic mass is 32.1. The summed E-state index contributed by atoms with van der Waals surface area (Å²) in [7, 11) is 0. The summed E-state index contributed by atoms with van der Waals surface area (Å²) in [4.78, 5) is 31.9. The maximum Gasteiger partial charge on any atom is 0.275 e. The molecule has 4 heterocycles. The maximum atomic E-state index is 12.7. The van der Waals surface area contributed by atoms with E-state index in [1.54, 1.807) is 17.3 Å². The fourth-order valence-corrected chi connectivity index (χ4v) is 4.18. The van der Waals surface area contributed by atoms with Crippen LogP contribution in [-0.2, 0) is 4.79 Å². The number of amides is 2. The molecule has 26 heavy (non-hydrogen) atoms. The zero-order valence-corrected chi connectivity index (χ0v) is 15.2. The lowest BCUT2D eigenvalue weighted by Crippen LogP contribution is -2.41.